The Bertz CT molecular complexity index is 1000. The van der Waals surface area contributed by atoms with Crippen molar-refractivity contribution in [3.05, 3.63) is 60.4 Å². The molecule has 9 nitrogen and oxygen atoms in total. The molecule has 0 saturated carbocycles. The van der Waals surface area contributed by atoms with Crippen LogP contribution in [0.25, 0.3) is 5.69 Å². The predicted octanol–water partition coefficient (Wildman–Crippen LogP) is 1.34. The summed E-state index contributed by atoms with van der Waals surface area (Å²) in [5.41, 5.74) is 1.56. The molecule has 29 heavy (non-hydrogen) atoms. The van der Waals surface area contributed by atoms with Crippen molar-refractivity contribution in [2.75, 3.05) is 18.6 Å². The highest BCUT2D eigenvalue weighted by atomic mass is 16.5. The summed E-state index contributed by atoms with van der Waals surface area (Å²) in [5, 5.41) is 14.5. The Balaban J connectivity index is 1.39. The van der Waals surface area contributed by atoms with Crippen LogP contribution >= 0.6 is 0 Å². The van der Waals surface area contributed by atoms with E-state index in [1.54, 1.807) is 28.8 Å². The summed E-state index contributed by atoms with van der Waals surface area (Å²) in [6, 6.07) is 16.6. The van der Waals surface area contributed by atoms with Gasteiger partial charge < -0.3 is 15.0 Å². The molecule has 3 aromatic rings. The average Bonchev–Trinajstić information content (AvgIpc) is 3.39. The Morgan fingerprint density at radius 3 is 2.62 bits per heavy atom. The standard InChI is InChI=1S/C20H20N6O3/c1-29-17-9-7-15(8-10-17)25-13-14(11-19(25)27)20(28)21-12-18-22-23-24-26(18)16-5-3-2-4-6-16/h2-10,14H,11-13H2,1H3,(H,21,28)/t14-/m1/s1. The molecule has 2 aromatic carbocycles. The number of ether oxygens (including phenoxy) is 1. The van der Waals surface area contributed by atoms with Gasteiger partial charge in [0.2, 0.25) is 11.8 Å². The van der Waals surface area contributed by atoms with E-state index in [2.05, 4.69) is 20.8 Å². The average molecular weight is 392 g/mol. The molecule has 0 unspecified atom stereocenters. The van der Waals surface area contributed by atoms with E-state index < -0.39 is 5.92 Å². The molecule has 1 saturated heterocycles. The smallest absolute Gasteiger partial charge is 0.227 e. The van der Waals surface area contributed by atoms with Crippen molar-refractivity contribution in [3.63, 3.8) is 0 Å². The number of tetrazole rings is 1. The number of carbonyl (C=O) groups excluding carboxylic acids is 2. The van der Waals surface area contributed by atoms with E-state index in [0.717, 1.165) is 11.4 Å². The van der Waals surface area contributed by atoms with Crippen LogP contribution in [0.5, 0.6) is 5.75 Å². The van der Waals surface area contributed by atoms with Crippen LogP contribution in [0, 0.1) is 5.92 Å². The molecule has 1 fully saturated rings. The van der Waals surface area contributed by atoms with Gasteiger partial charge in [-0.3, -0.25) is 9.59 Å². The van der Waals surface area contributed by atoms with Gasteiger partial charge in [0.1, 0.15) is 5.75 Å². The first-order valence-electron chi connectivity index (χ1n) is 9.20. The maximum absolute atomic E-state index is 12.6. The first-order valence-corrected chi connectivity index (χ1v) is 9.20. The lowest BCUT2D eigenvalue weighted by Gasteiger charge is -2.17. The Labute approximate surface area is 167 Å². The van der Waals surface area contributed by atoms with E-state index >= 15 is 0 Å². The van der Waals surface area contributed by atoms with Gasteiger partial charge in [-0.25, -0.2) is 0 Å². The number of aromatic nitrogens is 4. The number of hydrogen-bond acceptors (Lipinski definition) is 6. The van der Waals surface area contributed by atoms with Crippen LogP contribution in [0.15, 0.2) is 54.6 Å². The van der Waals surface area contributed by atoms with Gasteiger partial charge >= 0.3 is 0 Å². The molecule has 0 spiro atoms. The number of methoxy groups -OCH3 is 1. The van der Waals surface area contributed by atoms with Gasteiger partial charge in [-0.2, -0.15) is 4.68 Å². The van der Waals surface area contributed by atoms with Gasteiger partial charge in [0.05, 0.1) is 25.3 Å². The summed E-state index contributed by atoms with van der Waals surface area (Å²) in [7, 11) is 1.59. The molecule has 0 bridgehead atoms. The topological polar surface area (TPSA) is 102 Å². The molecule has 1 atom stereocenters. The number of benzene rings is 2. The summed E-state index contributed by atoms with van der Waals surface area (Å²) >= 11 is 0. The minimum atomic E-state index is -0.425. The summed E-state index contributed by atoms with van der Waals surface area (Å²) in [5.74, 6) is 0.527. The first-order chi connectivity index (χ1) is 14.2. The number of nitrogens with zero attached hydrogens (tertiary/aromatic N) is 5. The van der Waals surface area contributed by atoms with Crippen LogP contribution < -0.4 is 15.0 Å². The zero-order valence-electron chi connectivity index (χ0n) is 15.9. The van der Waals surface area contributed by atoms with E-state index in [-0.39, 0.29) is 24.8 Å². The van der Waals surface area contributed by atoms with Crippen LogP contribution in [0.4, 0.5) is 5.69 Å². The Morgan fingerprint density at radius 2 is 1.90 bits per heavy atom. The molecule has 148 valence electrons. The Morgan fingerprint density at radius 1 is 1.14 bits per heavy atom. The van der Waals surface area contributed by atoms with Gasteiger partial charge in [0, 0.05) is 18.7 Å². The van der Waals surface area contributed by atoms with Crippen molar-refractivity contribution < 1.29 is 14.3 Å². The third kappa shape index (κ3) is 3.93. The van der Waals surface area contributed by atoms with Crippen molar-refractivity contribution in [2.45, 2.75) is 13.0 Å². The molecule has 1 N–H and O–H groups in total. The normalized spacial score (nSPS) is 16.1. The molecular formula is C20H20N6O3. The number of amides is 2. The predicted molar refractivity (Wildman–Crippen MR) is 104 cm³/mol. The van der Waals surface area contributed by atoms with Gasteiger partial charge in [0.25, 0.3) is 0 Å². The fourth-order valence-electron chi connectivity index (χ4n) is 3.29. The number of rotatable bonds is 6. The highest BCUT2D eigenvalue weighted by molar-refractivity contribution is 6.00. The highest BCUT2D eigenvalue weighted by Gasteiger charge is 2.35. The zero-order valence-corrected chi connectivity index (χ0v) is 15.9. The van der Waals surface area contributed by atoms with Gasteiger partial charge in [-0.15, -0.1) is 5.10 Å². The third-order valence-electron chi connectivity index (χ3n) is 4.84. The summed E-state index contributed by atoms with van der Waals surface area (Å²) in [6.45, 7) is 0.509. The van der Waals surface area contributed by atoms with Crippen molar-refractivity contribution in [2.24, 2.45) is 5.92 Å². The fourth-order valence-corrected chi connectivity index (χ4v) is 3.29. The number of para-hydroxylation sites is 1. The molecule has 0 radical (unpaired) electrons. The molecule has 1 aliphatic rings. The summed E-state index contributed by atoms with van der Waals surface area (Å²) in [4.78, 5) is 26.6. The van der Waals surface area contributed by atoms with Crippen molar-refractivity contribution in [1.29, 1.82) is 0 Å². The second-order valence-corrected chi connectivity index (χ2v) is 6.66. The lowest BCUT2D eigenvalue weighted by molar-refractivity contribution is -0.126. The molecule has 1 aliphatic heterocycles. The molecular weight excluding hydrogens is 372 g/mol. The Kier molecular flexibility index (Phi) is 5.19. The maximum Gasteiger partial charge on any atom is 0.227 e. The molecule has 2 heterocycles. The van der Waals surface area contributed by atoms with Gasteiger partial charge in [0.15, 0.2) is 5.82 Å². The molecule has 9 heteroatoms. The highest BCUT2D eigenvalue weighted by Crippen LogP contribution is 2.27. The van der Waals surface area contributed by atoms with E-state index in [9.17, 15) is 9.59 Å². The fraction of sp³-hybridized carbons (Fsp3) is 0.250. The van der Waals surface area contributed by atoms with Gasteiger partial charge in [-0.1, -0.05) is 18.2 Å². The molecule has 1 aromatic heterocycles. The van der Waals surface area contributed by atoms with Crippen LogP contribution in [0.2, 0.25) is 0 Å². The second-order valence-electron chi connectivity index (χ2n) is 6.66. The van der Waals surface area contributed by atoms with Crippen LogP contribution in [0.3, 0.4) is 0 Å². The number of nitrogens with one attached hydrogen (secondary N) is 1. The summed E-state index contributed by atoms with van der Waals surface area (Å²) in [6.07, 6.45) is 0.168. The number of anilines is 1. The number of hydrogen-bond donors (Lipinski definition) is 1. The summed E-state index contributed by atoms with van der Waals surface area (Å²) < 4.78 is 6.71. The van der Waals surface area contributed by atoms with Crippen molar-refractivity contribution in [1.82, 2.24) is 25.5 Å². The van der Waals surface area contributed by atoms with Crippen LogP contribution in [0.1, 0.15) is 12.2 Å². The number of carbonyl (C=O) groups is 2. The van der Waals surface area contributed by atoms with Crippen LogP contribution in [-0.4, -0.2) is 45.7 Å². The van der Waals surface area contributed by atoms with Gasteiger partial charge in [-0.05, 0) is 46.8 Å². The maximum atomic E-state index is 12.6. The molecule has 0 aliphatic carbocycles. The molecule has 4 rings (SSSR count). The monoisotopic (exact) mass is 392 g/mol. The zero-order chi connectivity index (χ0) is 20.2. The van der Waals surface area contributed by atoms with Crippen molar-refractivity contribution >= 4 is 17.5 Å². The molecule has 2 amide bonds. The first kappa shape index (κ1) is 18.6. The second kappa shape index (κ2) is 8.09. The van der Waals surface area contributed by atoms with E-state index in [1.165, 1.54) is 0 Å². The van der Waals surface area contributed by atoms with E-state index in [0.29, 0.717) is 18.1 Å². The van der Waals surface area contributed by atoms with Crippen LogP contribution in [-0.2, 0) is 16.1 Å². The SMILES string of the molecule is COc1ccc(N2C[C@H](C(=O)NCc3nnnn3-c3ccccc3)CC2=O)cc1. The van der Waals surface area contributed by atoms with E-state index in [1.807, 2.05) is 42.5 Å². The lowest BCUT2D eigenvalue weighted by Crippen LogP contribution is -2.33. The quantitative estimate of drug-likeness (QED) is 0.679. The minimum Gasteiger partial charge on any atom is -0.497 e. The lowest BCUT2D eigenvalue weighted by atomic mass is 10.1. The largest absolute Gasteiger partial charge is 0.497 e. The Hall–Kier alpha value is -3.75. The third-order valence-corrected chi connectivity index (χ3v) is 4.84. The minimum absolute atomic E-state index is 0.0792. The van der Waals surface area contributed by atoms with E-state index in [4.69, 9.17) is 4.74 Å². The van der Waals surface area contributed by atoms with Crippen molar-refractivity contribution in [3.8, 4) is 11.4 Å².